The molecular formula is C21H27BrN6O. The van der Waals surface area contributed by atoms with Gasteiger partial charge in [0.15, 0.2) is 0 Å². The molecule has 4 heterocycles. The quantitative estimate of drug-likeness (QED) is 0.703. The standard InChI is InChI=1S/C21H27BrN6O/c1-26-7-5-16(6-8-26)27-9-11-28(12-10-27)19-4-2-3-18(25-19)20(29)17-13-15(22)14-24-21(17)23/h2-4,13-14,16H,5-12H2,1H3,(H2,23,24). The third-order valence-electron chi connectivity index (χ3n) is 5.94. The Kier molecular flexibility index (Phi) is 6.12. The number of rotatable bonds is 4. The lowest BCUT2D eigenvalue weighted by molar-refractivity contribution is 0.103. The Hall–Kier alpha value is -2.03. The van der Waals surface area contributed by atoms with Crippen LogP contribution in [0.15, 0.2) is 34.9 Å². The van der Waals surface area contributed by atoms with Crippen molar-refractivity contribution in [1.82, 2.24) is 19.8 Å². The first-order valence-electron chi connectivity index (χ1n) is 10.1. The van der Waals surface area contributed by atoms with Crippen LogP contribution in [-0.4, -0.2) is 77.9 Å². The van der Waals surface area contributed by atoms with Gasteiger partial charge in [0.25, 0.3) is 0 Å². The van der Waals surface area contributed by atoms with E-state index in [0.717, 1.165) is 36.5 Å². The highest BCUT2D eigenvalue weighted by molar-refractivity contribution is 9.10. The number of ketones is 1. The number of piperidine rings is 1. The second-order valence-electron chi connectivity index (χ2n) is 7.85. The van der Waals surface area contributed by atoms with Crippen molar-refractivity contribution in [2.45, 2.75) is 18.9 Å². The van der Waals surface area contributed by atoms with Gasteiger partial charge in [0.2, 0.25) is 5.78 Å². The van der Waals surface area contributed by atoms with Crippen LogP contribution in [0.1, 0.15) is 28.9 Å². The number of nitrogens with zero attached hydrogens (tertiary/aromatic N) is 5. The smallest absolute Gasteiger partial charge is 0.215 e. The Morgan fingerprint density at radius 1 is 1.14 bits per heavy atom. The molecule has 0 amide bonds. The maximum absolute atomic E-state index is 12.9. The second-order valence-corrected chi connectivity index (χ2v) is 8.77. The van der Waals surface area contributed by atoms with Gasteiger partial charge < -0.3 is 15.5 Å². The number of carbonyl (C=O) groups excluding carboxylic acids is 1. The molecule has 0 unspecified atom stereocenters. The number of aromatic nitrogens is 2. The molecule has 7 nitrogen and oxygen atoms in total. The number of likely N-dealkylation sites (tertiary alicyclic amines) is 1. The molecule has 0 aromatic carbocycles. The average molecular weight is 459 g/mol. The summed E-state index contributed by atoms with van der Waals surface area (Å²) in [4.78, 5) is 28.9. The minimum atomic E-state index is -0.205. The normalized spacial score (nSPS) is 19.4. The highest BCUT2D eigenvalue weighted by Crippen LogP contribution is 2.22. The van der Waals surface area contributed by atoms with Crippen molar-refractivity contribution in [2.24, 2.45) is 0 Å². The van der Waals surface area contributed by atoms with E-state index >= 15 is 0 Å². The summed E-state index contributed by atoms with van der Waals surface area (Å²) in [6, 6.07) is 7.99. The van der Waals surface area contributed by atoms with E-state index in [1.807, 2.05) is 12.1 Å². The lowest BCUT2D eigenvalue weighted by Crippen LogP contribution is -2.53. The van der Waals surface area contributed by atoms with Crippen LogP contribution in [0, 0.1) is 0 Å². The van der Waals surface area contributed by atoms with Crippen LogP contribution in [0.2, 0.25) is 0 Å². The van der Waals surface area contributed by atoms with Crippen LogP contribution in [0.25, 0.3) is 0 Å². The fraction of sp³-hybridized carbons (Fsp3) is 0.476. The van der Waals surface area contributed by atoms with Crippen LogP contribution in [0.5, 0.6) is 0 Å². The molecule has 2 aliphatic rings. The number of hydrogen-bond acceptors (Lipinski definition) is 7. The molecule has 0 saturated carbocycles. The van der Waals surface area contributed by atoms with Crippen molar-refractivity contribution >= 4 is 33.3 Å². The summed E-state index contributed by atoms with van der Waals surface area (Å²) in [6.45, 7) is 6.30. The fourth-order valence-electron chi connectivity index (χ4n) is 4.17. The summed E-state index contributed by atoms with van der Waals surface area (Å²) in [7, 11) is 2.20. The van der Waals surface area contributed by atoms with E-state index in [0.29, 0.717) is 17.3 Å². The molecule has 2 N–H and O–H groups in total. The van der Waals surface area contributed by atoms with Crippen LogP contribution in [0.4, 0.5) is 11.6 Å². The second kappa shape index (κ2) is 8.77. The molecule has 2 aliphatic heterocycles. The van der Waals surface area contributed by atoms with E-state index < -0.39 is 0 Å². The van der Waals surface area contributed by atoms with Crippen LogP contribution in [-0.2, 0) is 0 Å². The Labute approximate surface area is 180 Å². The van der Waals surface area contributed by atoms with Gasteiger partial charge in [-0.3, -0.25) is 9.69 Å². The van der Waals surface area contributed by atoms with Crippen molar-refractivity contribution in [3.63, 3.8) is 0 Å². The third kappa shape index (κ3) is 4.60. The number of pyridine rings is 2. The molecule has 2 aromatic heterocycles. The SMILES string of the molecule is CN1CCC(N2CCN(c3cccc(C(=O)c4cc(Br)cnc4N)n3)CC2)CC1. The number of piperazine rings is 1. The highest BCUT2D eigenvalue weighted by Gasteiger charge is 2.27. The van der Waals surface area contributed by atoms with Gasteiger partial charge in [-0.05, 0) is 67.1 Å². The topological polar surface area (TPSA) is 78.6 Å². The molecule has 0 radical (unpaired) electrons. The first-order chi connectivity index (χ1) is 14.0. The predicted octanol–water partition coefficient (Wildman–Crippen LogP) is 2.27. The first kappa shape index (κ1) is 20.3. The van der Waals surface area contributed by atoms with E-state index in [1.54, 1.807) is 18.3 Å². The van der Waals surface area contributed by atoms with E-state index in [-0.39, 0.29) is 11.6 Å². The number of carbonyl (C=O) groups is 1. The van der Waals surface area contributed by atoms with E-state index in [1.165, 1.54) is 25.9 Å². The van der Waals surface area contributed by atoms with Crippen LogP contribution in [0.3, 0.4) is 0 Å². The molecule has 0 atom stereocenters. The van der Waals surface area contributed by atoms with Gasteiger partial charge in [0.1, 0.15) is 17.3 Å². The molecule has 0 bridgehead atoms. The Morgan fingerprint density at radius 3 is 2.59 bits per heavy atom. The Bertz CT molecular complexity index is 875. The minimum Gasteiger partial charge on any atom is -0.383 e. The molecule has 8 heteroatoms. The molecular weight excluding hydrogens is 432 g/mol. The van der Waals surface area contributed by atoms with Gasteiger partial charge in [0, 0.05) is 42.9 Å². The predicted molar refractivity (Wildman–Crippen MR) is 118 cm³/mol. The summed E-state index contributed by atoms with van der Waals surface area (Å²) in [5, 5.41) is 0. The van der Waals surface area contributed by atoms with Gasteiger partial charge >= 0.3 is 0 Å². The van der Waals surface area contributed by atoms with Gasteiger partial charge in [-0.1, -0.05) is 6.07 Å². The van der Waals surface area contributed by atoms with Crippen molar-refractivity contribution < 1.29 is 4.79 Å². The first-order valence-corrected chi connectivity index (χ1v) is 10.9. The zero-order valence-electron chi connectivity index (χ0n) is 16.7. The highest BCUT2D eigenvalue weighted by atomic mass is 79.9. The van der Waals surface area contributed by atoms with Crippen molar-refractivity contribution in [3.8, 4) is 0 Å². The maximum Gasteiger partial charge on any atom is 0.215 e. The fourth-order valence-corrected chi connectivity index (χ4v) is 4.50. The monoisotopic (exact) mass is 458 g/mol. The Morgan fingerprint density at radius 2 is 1.86 bits per heavy atom. The molecule has 0 aliphatic carbocycles. The van der Waals surface area contributed by atoms with Crippen molar-refractivity contribution in [2.75, 3.05) is 56.9 Å². The van der Waals surface area contributed by atoms with E-state index in [2.05, 4.69) is 47.6 Å². The molecule has 4 rings (SSSR count). The van der Waals surface area contributed by atoms with E-state index in [9.17, 15) is 4.79 Å². The van der Waals surface area contributed by atoms with Crippen LogP contribution < -0.4 is 10.6 Å². The van der Waals surface area contributed by atoms with Gasteiger partial charge in [-0.15, -0.1) is 0 Å². The average Bonchev–Trinajstić information content (AvgIpc) is 2.76. The number of halogens is 1. The third-order valence-corrected chi connectivity index (χ3v) is 6.37. The largest absolute Gasteiger partial charge is 0.383 e. The lowest BCUT2D eigenvalue weighted by atomic mass is 10.0. The summed E-state index contributed by atoms with van der Waals surface area (Å²) >= 11 is 3.35. The molecule has 2 fully saturated rings. The van der Waals surface area contributed by atoms with Gasteiger partial charge in [0.05, 0.1) is 5.56 Å². The summed E-state index contributed by atoms with van der Waals surface area (Å²) in [5.41, 5.74) is 6.67. The van der Waals surface area contributed by atoms with E-state index in [4.69, 9.17) is 5.73 Å². The molecule has 154 valence electrons. The molecule has 2 aromatic rings. The summed E-state index contributed by atoms with van der Waals surface area (Å²) < 4.78 is 0.719. The maximum atomic E-state index is 12.9. The Balaban J connectivity index is 1.43. The minimum absolute atomic E-state index is 0.205. The van der Waals surface area contributed by atoms with Gasteiger partial charge in [-0.25, -0.2) is 9.97 Å². The summed E-state index contributed by atoms with van der Waals surface area (Å²) in [5.74, 6) is 0.862. The van der Waals surface area contributed by atoms with Crippen LogP contribution >= 0.6 is 15.9 Å². The summed E-state index contributed by atoms with van der Waals surface area (Å²) in [6.07, 6.45) is 4.08. The van der Waals surface area contributed by atoms with Gasteiger partial charge in [-0.2, -0.15) is 0 Å². The van der Waals surface area contributed by atoms with Crippen molar-refractivity contribution in [1.29, 1.82) is 0 Å². The molecule has 29 heavy (non-hydrogen) atoms. The number of anilines is 2. The van der Waals surface area contributed by atoms with Crippen molar-refractivity contribution in [3.05, 3.63) is 46.2 Å². The molecule has 0 spiro atoms. The zero-order chi connectivity index (χ0) is 20.4. The zero-order valence-corrected chi connectivity index (χ0v) is 18.3. The molecule has 2 saturated heterocycles. The number of hydrogen-bond donors (Lipinski definition) is 1. The lowest BCUT2D eigenvalue weighted by Gasteiger charge is -2.42. The number of nitrogen functional groups attached to an aromatic ring is 1. The number of nitrogens with two attached hydrogens (primary N) is 1.